The van der Waals surface area contributed by atoms with Crippen molar-refractivity contribution >= 4 is 5.97 Å². The van der Waals surface area contributed by atoms with Crippen LogP contribution in [-0.2, 0) is 19.0 Å². The molecule has 1 N–H and O–H groups in total. The number of rotatable bonds is 4. The summed E-state index contributed by atoms with van der Waals surface area (Å²) in [7, 11) is 0. The Morgan fingerprint density at radius 2 is 1.82 bits per heavy atom. The summed E-state index contributed by atoms with van der Waals surface area (Å²) in [5.41, 5.74) is -0.0404. The van der Waals surface area contributed by atoms with E-state index in [0.717, 1.165) is 12.8 Å². The lowest BCUT2D eigenvalue weighted by Crippen LogP contribution is -2.28. The molecule has 2 atom stereocenters. The Balaban J connectivity index is 1.84. The highest BCUT2D eigenvalue weighted by atomic mass is 16.8. The van der Waals surface area contributed by atoms with E-state index in [2.05, 4.69) is 6.92 Å². The van der Waals surface area contributed by atoms with E-state index in [9.17, 15) is 4.79 Å². The van der Waals surface area contributed by atoms with E-state index < -0.39 is 11.8 Å². The summed E-state index contributed by atoms with van der Waals surface area (Å²) in [6, 6.07) is 0. The van der Waals surface area contributed by atoms with Crippen molar-refractivity contribution in [3.63, 3.8) is 0 Å². The lowest BCUT2D eigenvalue weighted by Gasteiger charge is -2.27. The van der Waals surface area contributed by atoms with Crippen LogP contribution in [0.4, 0.5) is 0 Å². The van der Waals surface area contributed by atoms with Gasteiger partial charge in [-0.1, -0.05) is 6.92 Å². The summed E-state index contributed by atoms with van der Waals surface area (Å²) in [5.74, 6) is -1.42. The maximum atomic E-state index is 10.4. The molecular formula is C12H20O5. The van der Waals surface area contributed by atoms with Gasteiger partial charge in [0, 0.05) is 0 Å². The maximum Gasteiger partial charge on any atom is 0.329 e. The third-order valence-electron chi connectivity index (χ3n) is 3.35. The second-order valence-corrected chi connectivity index (χ2v) is 5.82. The van der Waals surface area contributed by atoms with Gasteiger partial charge in [-0.25, -0.2) is 4.79 Å². The maximum absolute atomic E-state index is 10.4. The molecule has 5 nitrogen and oxygen atoms in total. The molecule has 98 valence electrons. The normalized spacial score (nSPS) is 39.2. The standard InChI is InChI=1S/C12H20O5/c1-11(2)16-8-4-12(3,5-9(8)17-11)7-15-6-10(13)14/h8-9H,4-7H2,1-3H3,(H,13,14). The van der Waals surface area contributed by atoms with Crippen molar-refractivity contribution in [2.45, 2.75) is 51.6 Å². The van der Waals surface area contributed by atoms with E-state index in [0.29, 0.717) is 6.61 Å². The van der Waals surface area contributed by atoms with Crippen molar-refractivity contribution in [1.29, 1.82) is 0 Å². The quantitative estimate of drug-likeness (QED) is 0.810. The van der Waals surface area contributed by atoms with Gasteiger partial charge in [-0.15, -0.1) is 0 Å². The largest absolute Gasteiger partial charge is 0.480 e. The fraction of sp³-hybridized carbons (Fsp3) is 0.917. The van der Waals surface area contributed by atoms with Gasteiger partial charge in [-0.3, -0.25) is 0 Å². The summed E-state index contributed by atoms with van der Waals surface area (Å²) in [6.45, 7) is 6.14. The predicted octanol–water partition coefficient (Wildman–Crippen LogP) is 1.41. The number of carbonyl (C=O) groups is 1. The molecule has 5 heteroatoms. The molecule has 2 fully saturated rings. The number of carboxylic acid groups (broad SMARTS) is 1. The molecule has 0 aromatic carbocycles. The van der Waals surface area contributed by atoms with Crippen LogP contribution < -0.4 is 0 Å². The van der Waals surface area contributed by atoms with E-state index >= 15 is 0 Å². The van der Waals surface area contributed by atoms with E-state index in [1.165, 1.54) is 0 Å². The Labute approximate surface area is 101 Å². The smallest absolute Gasteiger partial charge is 0.329 e. The fourth-order valence-corrected chi connectivity index (χ4v) is 2.81. The SMILES string of the molecule is CC1(COCC(=O)O)CC2OC(C)(C)OC2C1. The zero-order valence-corrected chi connectivity index (χ0v) is 10.6. The summed E-state index contributed by atoms with van der Waals surface area (Å²) < 4.78 is 16.8. The van der Waals surface area contributed by atoms with Gasteiger partial charge in [-0.05, 0) is 32.1 Å². The molecule has 2 unspecified atom stereocenters. The van der Waals surface area contributed by atoms with Gasteiger partial charge >= 0.3 is 5.97 Å². The minimum absolute atomic E-state index is 0.0404. The van der Waals surface area contributed by atoms with Crippen LogP contribution >= 0.6 is 0 Å². The highest BCUT2D eigenvalue weighted by molar-refractivity contribution is 5.67. The lowest BCUT2D eigenvalue weighted by molar-refractivity contribution is -0.161. The average Bonchev–Trinajstić information content (AvgIpc) is 2.52. The van der Waals surface area contributed by atoms with Crippen LogP contribution in [0.15, 0.2) is 0 Å². The van der Waals surface area contributed by atoms with Crippen LogP contribution in [0.3, 0.4) is 0 Å². The van der Waals surface area contributed by atoms with Gasteiger partial charge in [-0.2, -0.15) is 0 Å². The molecule has 1 heterocycles. The fourth-order valence-electron chi connectivity index (χ4n) is 2.81. The lowest BCUT2D eigenvalue weighted by atomic mass is 9.89. The molecule has 17 heavy (non-hydrogen) atoms. The third-order valence-corrected chi connectivity index (χ3v) is 3.35. The number of hydrogen-bond donors (Lipinski definition) is 1. The van der Waals surface area contributed by atoms with Crippen LogP contribution in [0, 0.1) is 5.41 Å². The van der Waals surface area contributed by atoms with Gasteiger partial charge in [0.1, 0.15) is 6.61 Å². The molecule has 0 radical (unpaired) electrons. The molecule has 1 aliphatic carbocycles. The Bertz CT molecular complexity index is 296. The zero-order valence-electron chi connectivity index (χ0n) is 10.6. The molecule has 2 rings (SSSR count). The van der Waals surface area contributed by atoms with Crippen LogP contribution in [0.25, 0.3) is 0 Å². The van der Waals surface area contributed by atoms with Crippen molar-refractivity contribution in [2.75, 3.05) is 13.2 Å². The van der Waals surface area contributed by atoms with Crippen LogP contribution in [0.5, 0.6) is 0 Å². The van der Waals surface area contributed by atoms with E-state index in [1.54, 1.807) is 0 Å². The number of aliphatic carboxylic acids is 1. The van der Waals surface area contributed by atoms with Gasteiger partial charge < -0.3 is 19.3 Å². The molecule has 0 bridgehead atoms. The Hall–Kier alpha value is -0.650. The van der Waals surface area contributed by atoms with Crippen molar-refractivity contribution in [2.24, 2.45) is 5.41 Å². The van der Waals surface area contributed by atoms with Gasteiger partial charge in [0.15, 0.2) is 5.79 Å². The molecule has 0 aromatic heterocycles. The highest BCUT2D eigenvalue weighted by Gasteiger charge is 2.51. The first kappa shape index (κ1) is 12.8. The first-order valence-electron chi connectivity index (χ1n) is 5.95. The van der Waals surface area contributed by atoms with E-state index in [4.69, 9.17) is 19.3 Å². The second kappa shape index (κ2) is 4.23. The van der Waals surface area contributed by atoms with Crippen molar-refractivity contribution in [3.8, 4) is 0 Å². The molecule has 0 amide bonds. The summed E-state index contributed by atoms with van der Waals surface area (Å²) >= 11 is 0. The number of hydrogen-bond acceptors (Lipinski definition) is 4. The van der Waals surface area contributed by atoms with Crippen molar-refractivity contribution < 1.29 is 24.1 Å². The number of fused-ring (bicyclic) bond motifs is 1. The molecule has 1 aliphatic heterocycles. The van der Waals surface area contributed by atoms with Crippen LogP contribution in [0.1, 0.15) is 33.6 Å². The van der Waals surface area contributed by atoms with E-state index in [1.807, 2.05) is 13.8 Å². The first-order valence-corrected chi connectivity index (χ1v) is 5.95. The predicted molar refractivity (Wildman–Crippen MR) is 59.6 cm³/mol. The monoisotopic (exact) mass is 244 g/mol. The Morgan fingerprint density at radius 3 is 2.29 bits per heavy atom. The Kier molecular flexibility index (Phi) is 3.18. The highest BCUT2D eigenvalue weighted by Crippen LogP contribution is 2.47. The summed E-state index contributed by atoms with van der Waals surface area (Å²) in [4.78, 5) is 10.4. The first-order chi connectivity index (χ1) is 7.80. The van der Waals surface area contributed by atoms with Gasteiger partial charge in [0.25, 0.3) is 0 Å². The summed E-state index contributed by atoms with van der Waals surface area (Å²) in [5, 5.41) is 8.53. The summed E-state index contributed by atoms with van der Waals surface area (Å²) in [6.07, 6.45) is 1.95. The van der Waals surface area contributed by atoms with Gasteiger partial charge in [0.2, 0.25) is 0 Å². The van der Waals surface area contributed by atoms with Crippen molar-refractivity contribution in [1.82, 2.24) is 0 Å². The molecule has 2 aliphatic rings. The zero-order chi connectivity index (χ0) is 12.7. The average molecular weight is 244 g/mol. The topological polar surface area (TPSA) is 65.0 Å². The Morgan fingerprint density at radius 1 is 1.29 bits per heavy atom. The third kappa shape index (κ3) is 2.97. The molecule has 1 saturated carbocycles. The second-order valence-electron chi connectivity index (χ2n) is 5.82. The van der Waals surface area contributed by atoms with Crippen molar-refractivity contribution in [3.05, 3.63) is 0 Å². The number of ether oxygens (including phenoxy) is 3. The minimum atomic E-state index is -0.930. The minimum Gasteiger partial charge on any atom is -0.480 e. The molecule has 1 saturated heterocycles. The molecular weight excluding hydrogens is 224 g/mol. The van der Waals surface area contributed by atoms with Crippen LogP contribution in [0.2, 0.25) is 0 Å². The van der Waals surface area contributed by atoms with E-state index in [-0.39, 0.29) is 24.2 Å². The number of carboxylic acids is 1. The van der Waals surface area contributed by atoms with Gasteiger partial charge in [0.05, 0.1) is 18.8 Å². The van der Waals surface area contributed by atoms with Crippen LogP contribution in [-0.4, -0.2) is 42.3 Å². The molecule has 0 aromatic rings. The molecule has 0 spiro atoms.